The predicted molar refractivity (Wildman–Crippen MR) is 72.9 cm³/mol. The van der Waals surface area contributed by atoms with Crippen molar-refractivity contribution in [2.24, 2.45) is 0 Å². The second-order valence-corrected chi connectivity index (χ2v) is 5.34. The Labute approximate surface area is 113 Å². The highest BCUT2D eigenvalue weighted by Gasteiger charge is 2.39. The third kappa shape index (κ3) is 2.53. The van der Waals surface area contributed by atoms with E-state index < -0.39 is 13.2 Å². The van der Waals surface area contributed by atoms with E-state index >= 15 is 0 Å². The Morgan fingerprint density at radius 3 is 2.79 bits per heavy atom. The molecule has 3 rings (SSSR count). The fourth-order valence-corrected chi connectivity index (χ4v) is 2.98. The molecule has 0 radical (unpaired) electrons. The highest BCUT2D eigenvalue weighted by Crippen LogP contribution is 2.25. The van der Waals surface area contributed by atoms with Gasteiger partial charge in [0, 0.05) is 6.04 Å². The fraction of sp³-hybridized carbons (Fsp3) is 0.500. The summed E-state index contributed by atoms with van der Waals surface area (Å²) in [5.74, 6) is -0.129. The summed E-state index contributed by atoms with van der Waals surface area (Å²) in [5.41, 5.74) is 1.48. The fourth-order valence-electron chi connectivity index (χ4n) is 2.98. The zero-order valence-corrected chi connectivity index (χ0v) is 10.8. The Morgan fingerprint density at radius 2 is 2.00 bits per heavy atom. The van der Waals surface area contributed by atoms with Gasteiger partial charge in [-0.15, -0.1) is 0 Å². The zero-order chi connectivity index (χ0) is 13.2. The van der Waals surface area contributed by atoms with E-state index in [4.69, 9.17) is 4.65 Å². The predicted octanol–water partition coefficient (Wildman–Crippen LogP) is 0.894. The standard InChI is InChI=1S/C14H18BNO3/c17-14(16-10-6-2-1-3-7-10)13-11-8-4-5-9-12(11)15(18)19-13/h4-5,8-10,13,18H,1-3,6-7H2,(H,16,17). The van der Waals surface area contributed by atoms with Gasteiger partial charge in [0.25, 0.3) is 5.91 Å². The Hall–Kier alpha value is -1.33. The molecule has 1 aliphatic heterocycles. The molecule has 0 aromatic heterocycles. The van der Waals surface area contributed by atoms with Gasteiger partial charge in [-0.3, -0.25) is 4.79 Å². The van der Waals surface area contributed by atoms with E-state index in [0.717, 1.165) is 18.4 Å². The quantitative estimate of drug-likeness (QED) is 0.775. The first-order chi connectivity index (χ1) is 9.25. The van der Waals surface area contributed by atoms with Crippen molar-refractivity contribution >= 4 is 18.5 Å². The van der Waals surface area contributed by atoms with Crippen molar-refractivity contribution in [3.05, 3.63) is 29.8 Å². The number of benzene rings is 1. The molecule has 0 spiro atoms. The number of hydrogen-bond acceptors (Lipinski definition) is 3. The second kappa shape index (κ2) is 5.35. The SMILES string of the molecule is O=C(NC1CCCCC1)C1OB(O)c2ccccc21. The molecule has 1 fully saturated rings. The van der Waals surface area contributed by atoms with Crippen molar-refractivity contribution in [3.8, 4) is 0 Å². The van der Waals surface area contributed by atoms with E-state index in [9.17, 15) is 9.82 Å². The van der Waals surface area contributed by atoms with E-state index in [0.29, 0.717) is 5.46 Å². The van der Waals surface area contributed by atoms with Crippen LogP contribution in [0.3, 0.4) is 0 Å². The molecule has 4 nitrogen and oxygen atoms in total. The van der Waals surface area contributed by atoms with Crippen LogP contribution in [0.4, 0.5) is 0 Å². The summed E-state index contributed by atoms with van der Waals surface area (Å²) in [6.07, 6.45) is 5.03. The number of hydrogen-bond donors (Lipinski definition) is 2. The van der Waals surface area contributed by atoms with Gasteiger partial charge in [-0.1, -0.05) is 43.5 Å². The minimum atomic E-state index is -0.988. The Balaban J connectivity index is 1.71. The molecule has 0 saturated heterocycles. The van der Waals surface area contributed by atoms with Crippen LogP contribution in [-0.4, -0.2) is 24.1 Å². The summed E-state index contributed by atoms with van der Waals surface area (Å²) >= 11 is 0. The number of carbonyl (C=O) groups is 1. The highest BCUT2D eigenvalue weighted by atomic mass is 16.5. The molecular formula is C14H18BNO3. The zero-order valence-electron chi connectivity index (χ0n) is 10.8. The van der Waals surface area contributed by atoms with E-state index in [1.54, 1.807) is 6.07 Å². The van der Waals surface area contributed by atoms with Gasteiger partial charge in [-0.2, -0.15) is 0 Å². The summed E-state index contributed by atoms with van der Waals surface area (Å²) in [6, 6.07) is 7.60. The summed E-state index contributed by atoms with van der Waals surface area (Å²) in [6.45, 7) is 0. The maximum Gasteiger partial charge on any atom is 0.492 e. The molecule has 5 heteroatoms. The molecule has 1 amide bonds. The van der Waals surface area contributed by atoms with Crippen molar-refractivity contribution in [3.63, 3.8) is 0 Å². The van der Waals surface area contributed by atoms with Crippen LogP contribution in [0.5, 0.6) is 0 Å². The van der Waals surface area contributed by atoms with Crippen LogP contribution in [0.1, 0.15) is 43.8 Å². The maximum absolute atomic E-state index is 12.3. The van der Waals surface area contributed by atoms with Crippen LogP contribution in [-0.2, 0) is 9.45 Å². The van der Waals surface area contributed by atoms with Crippen molar-refractivity contribution < 1.29 is 14.5 Å². The van der Waals surface area contributed by atoms with Gasteiger partial charge >= 0.3 is 7.12 Å². The first kappa shape index (κ1) is 12.7. The molecule has 1 heterocycles. The van der Waals surface area contributed by atoms with Crippen LogP contribution >= 0.6 is 0 Å². The van der Waals surface area contributed by atoms with Crippen LogP contribution in [0.2, 0.25) is 0 Å². The van der Waals surface area contributed by atoms with Crippen molar-refractivity contribution in [2.75, 3.05) is 0 Å². The van der Waals surface area contributed by atoms with Crippen molar-refractivity contribution in [1.82, 2.24) is 5.32 Å². The van der Waals surface area contributed by atoms with Gasteiger partial charge in [-0.25, -0.2) is 0 Å². The molecule has 1 aromatic rings. The lowest BCUT2D eigenvalue weighted by Gasteiger charge is -2.24. The summed E-state index contributed by atoms with van der Waals surface area (Å²) in [7, 11) is -0.988. The Kier molecular flexibility index (Phi) is 3.57. The van der Waals surface area contributed by atoms with Crippen LogP contribution in [0.25, 0.3) is 0 Å². The van der Waals surface area contributed by atoms with E-state index in [-0.39, 0.29) is 11.9 Å². The summed E-state index contributed by atoms with van der Waals surface area (Å²) in [4.78, 5) is 12.3. The first-order valence-corrected chi connectivity index (χ1v) is 6.98. The molecule has 19 heavy (non-hydrogen) atoms. The number of amides is 1. The number of carbonyl (C=O) groups excluding carboxylic acids is 1. The molecule has 1 saturated carbocycles. The average molecular weight is 259 g/mol. The first-order valence-electron chi connectivity index (χ1n) is 6.98. The molecule has 0 bridgehead atoms. The van der Waals surface area contributed by atoms with Gasteiger partial charge in [0.05, 0.1) is 0 Å². The topological polar surface area (TPSA) is 58.6 Å². The lowest BCUT2D eigenvalue weighted by atomic mass is 9.79. The summed E-state index contributed by atoms with van der Waals surface area (Å²) < 4.78 is 5.38. The second-order valence-electron chi connectivity index (χ2n) is 5.34. The molecule has 1 aliphatic carbocycles. The van der Waals surface area contributed by atoms with Crippen molar-refractivity contribution in [1.29, 1.82) is 0 Å². The van der Waals surface area contributed by atoms with Gasteiger partial charge < -0.3 is 15.0 Å². The lowest BCUT2D eigenvalue weighted by molar-refractivity contribution is -0.129. The lowest BCUT2D eigenvalue weighted by Crippen LogP contribution is -2.39. The van der Waals surface area contributed by atoms with E-state index in [1.807, 2.05) is 18.2 Å². The smallest absolute Gasteiger partial charge is 0.423 e. The van der Waals surface area contributed by atoms with Gasteiger partial charge in [0.15, 0.2) is 0 Å². The normalized spacial score (nSPS) is 23.2. The molecule has 1 atom stereocenters. The third-order valence-corrected chi connectivity index (χ3v) is 4.00. The summed E-state index contributed by atoms with van der Waals surface area (Å²) in [5, 5.41) is 12.9. The average Bonchev–Trinajstić information content (AvgIpc) is 2.78. The molecular weight excluding hydrogens is 241 g/mol. The molecule has 2 N–H and O–H groups in total. The van der Waals surface area contributed by atoms with E-state index in [2.05, 4.69) is 5.32 Å². The Bertz CT molecular complexity index is 474. The number of nitrogens with one attached hydrogen (secondary N) is 1. The van der Waals surface area contributed by atoms with E-state index in [1.165, 1.54) is 19.3 Å². The van der Waals surface area contributed by atoms with Gasteiger partial charge in [0.1, 0.15) is 6.10 Å². The van der Waals surface area contributed by atoms with Crippen LogP contribution in [0.15, 0.2) is 24.3 Å². The number of rotatable bonds is 2. The molecule has 2 aliphatic rings. The minimum Gasteiger partial charge on any atom is -0.423 e. The largest absolute Gasteiger partial charge is 0.492 e. The third-order valence-electron chi connectivity index (χ3n) is 4.00. The minimum absolute atomic E-state index is 0.129. The molecule has 1 unspecified atom stereocenters. The van der Waals surface area contributed by atoms with Crippen molar-refractivity contribution in [2.45, 2.75) is 44.2 Å². The van der Waals surface area contributed by atoms with Crippen LogP contribution in [0, 0.1) is 0 Å². The number of fused-ring (bicyclic) bond motifs is 1. The Morgan fingerprint density at radius 1 is 1.26 bits per heavy atom. The maximum atomic E-state index is 12.3. The highest BCUT2D eigenvalue weighted by molar-refractivity contribution is 6.62. The molecule has 1 aromatic carbocycles. The monoisotopic (exact) mass is 259 g/mol. The van der Waals surface area contributed by atoms with Crippen LogP contribution < -0.4 is 10.8 Å². The van der Waals surface area contributed by atoms with Gasteiger partial charge in [-0.05, 0) is 23.9 Å². The van der Waals surface area contributed by atoms with Gasteiger partial charge in [0.2, 0.25) is 0 Å². The molecule has 100 valence electrons.